The van der Waals surface area contributed by atoms with Gasteiger partial charge in [-0.05, 0) is 24.1 Å². The molecule has 2 amide bonds. The molecule has 1 fully saturated rings. The first-order chi connectivity index (χ1) is 11.5. The number of rotatable bonds is 3. The zero-order valence-electron chi connectivity index (χ0n) is 12.9. The summed E-state index contributed by atoms with van der Waals surface area (Å²) < 4.78 is 12.9. The Kier molecular flexibility index (Phi) is 4.39. The number of ketones is 1. The van der Waals surface area contributed by atoms with E-state index >= 15 is 0 Å². The third-order valence-electron chi connectivity index (χ3n) is 4.08. The quantitative estimate of drug-likeness (QED) is 0.588. The summed E-state index contributed by atoms with van der Waals surface area (Å²) in [5.41, 5.74) is 6.48. The van der Waals surface area contributed by atoms with E-state index in [1.165, 1.54) is 29.2 Å². The van der Waals surface area contributed by atoms with Gasteiger partial charge in [0.05, 0.1) is 0 Å². The summed E-state index contributed by atoms with van der Waals surface area (Å²) >= 11 is 0. The Morgan fingerprint density at radius 2 is 2.04 bits per heavy atom. The van der Waals surface area contributed by atoms with E-state index in [0.29, 0.717) is 24.2 Å². The predicted octanol–water partition coefficient (Wildman–Crippen LogP) is -0.259. The average molecular weight is 332 g/mol. The summed E-state index contributed by atoms with van der Waals surface area (Å²) in [4.78, 5) is 41.9. The first-order valence-corrected chi connectivity index (χ1v) is 7.66. The normalized spacial score (nSPS) is 23.6. The van der Waals surface area contributed by atoms with E-state index < -0.39 is 23.6 Å². The van der Waals surface area contributed by atoms with Crippen LogP contribution in [0.1, 0.15) is 18.4 Å². The zero-order chi connectivity index (χ0) is 17.3. The number of nitrogens with zero attached hydrogens (tertiary/aromatic N) is 2. The van der Waals surface area contributed by atoms with Crippen molar-refractivity contribution in [3.8, 4) is 0 Å². The highest BCUT2D eigenvalue weighted by molar-refractivity contribution is 6.46. The molecular weight excluding hydrogens is 315 g/mol. The number of nitrogens with one attached hydrogen (secondary N) is 1. The fraction of sp³-hybridized carbons (Fsp3) is 0.375. The van der Waals surface area contributed by atoms with E-state index in [2.05, 4.69) is 10.3 Å². The van der Waals surface area contributed by atoms with Crippen LogP contribution in [0.4, 0.5) is 4.39 Å². The molecule has 0 bridgehead atoms. The molecule has 3 rings (SSSR count). The lowest BCUT2D eigenvalue weighted by Crippen LogP contribution is -2.58. The summed E-state index contributed by atoms with van der Waals surface area (Å²) in [6.07, 6.45) is 1.11. The highest BCUT2D eigenvalue weighted by atomic mass is 19.1. The summed E-state index contributed by atoms with van der Waals surface area (Å²) in [5, 5.41) is 2.56. The smallest absolute Gasteiger partial charge is 0.298 e. The lowest BCUT2D eigenvalue weighted by Gasteiger charge is -2.35. The van der Waals surface area contributed by atoms with E-state index in [1.807, 2.05) is 0 Å². The lowest BCUT2D eigenvalue weighted by molar-refractivity contribution is -0.146. The maximum absolute atomic E-state index is 12.9. The van der Waals surface area contributed by atoms with Crippen LogP contribution in [0.5, 0.6) is 0 Å². The molecule has 2 aliphatic rings. The summed E-state index contributed by atoms with van der Waals surface area (Å²) in [5.74, 6) is -2.18. The molecule has 24 heavy (non-hydrogen) atoms. The number of amides is 2. The second kappa shape index (κ2) is 6.48. The van der Waals surface area contributed by atoms with Crippen molar-refractivity contribution < 1.29 is 18.8 Å². The number of piperidine rings is 1. The maximum atomic E-state index is 12.9. The van der Waals surface area contributed by atoms with Crippen LogP contribution in [0.15, 0.2) is 29.3 Å². The Morgan fingerprint density at radius 1 is 1.33 bits per heavy atom. The Labute approximate surface area is 137 Å². The summed E-state index contributed by atoms with van der Waals surface area (Å²) in [7, 11) is 0. The minimum atomic E-state index is -1.36. The lowest BCUT2D eigenvalue weighted by atomic mass is 10.0. The molecule has 0 radical (unpaired) electrons. The standard InChI is InChI=1S/C16H17FN4O3/c17-10-3-1-9(2-4-10)7-19-15(23)13-14(22)16(24)21-8-11(18)5-6-12(21)20-13/h1-4,11,13H,5-8,18H2,(H,19,23)/t11-,13?/m0/s1. The van der Waals surface area contributed by atoms with Gasteiger partial charge in [-0.15, -0.1) is 0 Å². The van der Waals surface area contributed by atoms with Crippen LogP contribution < -0.4 is 11.1 Å². The van der Waals surface area contributed by atoms with Crippen molar-refractivity contribution in [3.63, 3.8) is 0 Å². The van der Waals surface area contributed by atoms with Crippen LogP contribution in [-0.2, 0) is 20.9 Å². The fourth-order valence-corrected chi connectivity index (χ4v) is 2.74. The molecule has 0 spiro atoms. The number of halogens is 1. The number of nitrogens with two attached hydrogens (primary N) is 1. The van der Waals surface area contributed by atoms with Crippen molar-refractivity contribution in [2.24, 2.45) is 10.7 Å². The number of hydrogen-bond donors (Lipinski definition) is 2. The minimum absolute atomic E-state index is 0.122. The van der Waals surface area contributed by atoms with Crippen LogP contribution in [0.2, 0.25) is 0 Å². The van der Waals surface area contributed by atoms with Crippen molar-refractivity contribution >= 4 is 23.4 Å². The second-order valence-electron chi connectivity index (χ2n) is 5.87. The molecule has 1 saturated heterocycles. The van der Waals surface area contributed by atoms with Crippen molar-refractivity contribution in [2.45, 2.75) is 31.5 Å². The molecular formula is C16H17FN4O3. The largest absolute Gasteiger partial charge is 0.350 e. The first kappa shape index (κ1) is 16.3. The number of carbonyl (C=O) groups excluding carboxylic acids is 3. The van der Waals surface area contributed by atoms with Crippen LogP contribution in [0.3, 0.4) is 0 Å². The van der Waals surface area contributed by atoms with Crippen LogP contribution in [0, 0.1) is 5.82 Å². The van der Waals surface area contributed by atoms with Gasteiger partial charge in [0.25, 0.3) is 17.6 Å². The van der Waals surface area contributed by atoms with Gasteiger partial charge in [0.2, 0.25) is 0 Å². The number of Topliss-reactive ketones (excluding diaryl/α,β-unsaturated/α-hetero) is 1. The maximum Gasteiger partial charge on any atom is 0.298 e. The SMILES string of the molecule is N[C@H]1CCC2=NC(C(=O)NCc3ccc(F)cc3)C(=O)C(=O)N2C1. The third kappa shape index (κ3) is 3.18. The van der Waals surface area contributed by atoms with Gasteiger partial charge in [-0.25, -0.2) is 4.39 Å². The number of aliphatic imine (C=N–C) groups is 1. The average Bonchev–Trinajstić information content (AvgIpc) is 2.58. The fourth-order valence-electron chi connectivity index (χ4n) is 2.74. The number of fused-ring (bicyclic) bond motifs is 1. The Morgan fingerprint density at radius 3 is 2.75 bits per heavy atom. The van der Waals surface area contributed by atoms with E-state index in [-0.39, 0.29) is 24.9 Å². The van der Waals surface area contributed by atoms with Gasteiger partial charge in [-0.2, -0.15) is 0 Å². The van der Waals surface area contributed by atoms with Crippen molar-refractivity contribution in [2.75, 3.05) is 6.54 Å². The molecule has 0 aliphatic carbocycles. The topological polar surface area (TPSA) is 105 Å². The summed E-state index contributed by atoms with van der Waals surface area (Å²) in [6.45, 7) is 0.365. The molecule has 2 atom stereocenters. The molecule has 3 N–H and O–H groups in total. The molecule has 8 heteroatoms. The number of benzene rings is 1. The molecule has 0 aromatic heterocycles. The van der Waals surface area contributed by atoms with Gasteiger partial charge < -0.3 is 11.1 Å². The van der Waals surface area contributed by atoms with Gasteiger partial charge >= 0.3 is 0 Å². The van der Waals surface area contributed by atoms with Gasteiger partial charge in [-0.1, -0.05) is 12.1 Å². The number of carbonyl (C=O) groups is 3. The molecule has 7 nitrogen and oxygen atoms in total. The Balaban J connectivity index is 1.70. The molecule has 1 unspecified atom stereocenters. The van der Waals surface area contributed by atoms with E-state index in [9.17, 15) is 18.8 Å². The van der Waals surface area contributed by atoms with Crippen LogP contribution in [-0.4, -0.2) is 47.0 Å². The Hall–Kier alpha value is -2.61. The first-order valence-electron chi connectivity index (χ1n) is 7.66. The predicted molar refractivity (Wildman–Crippen MR) is 83.4 cm³/mol. The molecule has 126 valence electrons. The summed E-state index contributed by atoms with van der Waals surface area (Å²) in [6, 6.07) is 4.06. The highest BCUT2D eigenvalue weighted by Crippen LogP contribution is 2.18. The highest BCUT2D eigenvalue weighted by Gasteiger charge is 2.42. The Bertz CT molecular complexity index is 717. The van der Waals surface area contributed by atoms with Gasteiger partial charge in [-0.3, -0.25) is 24.3 Å². The van der Waals surface area contributed by atoms with Crippen LogP contribution >= 0.6 is 0 Å². The van der Waals surface area contributed by atoms with E-state index in [0.717, 1.165) is 0 Å². The van der Waals surface area contributed by atoms with Crippen molar-refractivity contribution in [1.29, 1.82) is 0 Å². The zero-order valence-corrected chi connectivity index (χ0v) is 12.9. The molecule has 2 heterocycles. The molecule has 1 aromatic rings. The van der Waals surface area contributed by atoms with Crippen LogP contribution in [0.25, 0.3) is 0 Å². The van der Waals surface area contributed by atoms with E-state index in [4.69, 9.17) is 5.73 Å². The molecule has 2 aliphatic heterocycles. The minimum Gasteiger partial charge on any atom is -0.350 e. The number of amidine groups is 1. The van der Waals surface area contributed by atoms with Gasteiger partial charge in [0.15, 0.2) is 6.04 Å². The molecule has 0 saturated carbocycles. The molecule has 1 aromatic carbocycles. The van der Waals surface area contributed by atoms with Gasteiger partial charge in [0, 0.05) is 25.6 Å². The second-order valence-corrected chi connectivity index (χ2v) is 5.87. The number of hydrogen-bond acceptors (Lipinski definition) is 5. The van der Waals surface area contributed by atoms with Crippen molar-refractivity contribution in [1.82, 2.24) is 10.2 Å². The van der Waals surface area contributed by atoms with Gasteiger partial charge in [0.1, 0.15) is 11.7 Å². The van der Waals surface area contributed by atoms with Crippen molar-refractivity contribution in [3.05, 3.63) is 35.6 Å². The van der Waals surface area contributed by atoms with E-state index in [1.54, 1.807) is 0 Å². The monoisotopic (exact) mass is 332 g/mol. The third-order valence-corrected chi connectivity index (χ3v) is 4.08.